The molecule has 2 aromatic rings. The lowest BCUT2D eigenvalue weighted by Gasteiger charge is -2.36. The Bertz CT molecular complexity index is 923. The fraction of sp³-hybridized carbons (Fsp3) is 0.524. The molecular formula is C21H25N5O3. The third-order valence-electron chi connectivity index (χ3n) is 6.40. The maximum atomic E-state index is 12.4. The first kappa shape index (κ1) is 18.3. The summed E-state index contributed by atoms with van der Waals surface area (Å²) >= 11 is 0. The van der Waals surface area contributed by atoms with Crippen LogP contribution in [-0.4, -0.2) is 58.1 Å². The van der Waals surface area contributed by atoms with E-state index in [-0.39, 0.29) is 35.4 Å². The molecule has 2 aliphatic heterocycles. The molecule has 3 fully saturated rings. The highest BCUT2D eigenvalue weighted by molar-refractivity contribution is 5.86. The first-order chi connectivity index (χ1) is 14.0. The van der Waals surface area contributed by atoms with Gasteiger partial charge in [-0.2, -0.15) is 0 Å². The molecule has 1 aliphatic carbocycles. The molecule has 8 nitrogen and oxygen atoms in total. The zero-order valence-corrected chi connectivity index (χ0v) is 16.4. The number of fused-ring (bicyclic) bond motifs is 1. The van der Waals surface area contributed by atoms with Crippen LogP contribution >= 0.6 is 0 Å². The lowest BCUT2D eigenvalue weighted by molar-refractivity contribution is -0.129. The number of aromatic nitrogens is 2. The van der Waals surface area contributed by atoms with Crippen LogP contribution in [0.4, 0.5) is 0 Å². The fourth-order valence-corrected chi connectivity index (χ4v) is 4.28. The minimum absolute atomic E-state index is 0.00107. The largest absolute Gasteiger partial charge is 0.421 e. The number of nitrogens with one attached hydrogen (secondary N) is 2. The average Bonchev–Trinajstić information content (AvgIpc) is 3.14. The second-order valence-corrected chi connectivity index (χ2v) is 8.65. The molecule has 0 unspecified atom stereocenters. The summed E-state index contributed by atoms with van der Waals surface area (Å²) in [5, 5.41) is 14.5. The summed E-state index contributed by atoms with van der Waals surface area (Å²) in [5.74, 6) is 1.21. The van der Waals surface area contributed by atoms with Gasteiger partial charge in [0.1, 0.15) is 0 Å². The first-order valence-corrected chi connectivity index (χ1v) is 10.2. The van der Waals surface area contributed by atoms with Gasteiger partial charge in [-0.15, -0.1) is 10.2 Å². The SMILES string of the molecule is CC1(C(=O)N[C@H]2C[C@H]3C(=O)NC[C@@H](Cc4nnc(-c5ccccc5)o4)N3C2)CC1. The van der Waals surface area contributed by atoms with Gasteiger partial charge in [-0.05, 0) is 31.4 Å². The Kier molecular flexibility index (Phi) is 4.38. The van der Waals surface area contributed by atoms with E-state index in [0.29, 0.717) is 37.7 Å². The van der Waals surface area contributed by atoms with Gasteiger partial charge in [0.15, 0.2) is 0 Å². The fourth-order valence-electron chi connectivity index (χ4n) is 4.28. The molecule has 2 amide bonds. The minimum Gasteiger partial charge on any atom is -0.421 e. The molecule has 3 aliphatic rings. The number of hydrogen-bond acceptors (Lipinski definition) is 6. The summed E-state index contributed by atoms with van der Waals surface area (Å²) in [6, 6.07) is 9.52. The van der Waals surface area contributed by atoms with E-state index in [1.165, 1.54) is 0 Å². The first-order valence-electron chi connectivity index (χ1n) is 10.2. The molecule has 29 heavy (non-hydrogen) atoms. The number of carbonyl (C=O) groups is 2. The maximum Gasteiger partial charge on any atom is 0.247 e. The van der Waals surface area contributed by atoms with Gasteiger partial charge in [0, 0.05) is 42.6 Å². The molecule has 1 aromatic carbocycles. The lowest BCUT2D eigenvalue weighted by Crippen LogP contribution is -2.58. The van der Waals surface area contributed by atoms with Crippen LogP contribution in [0, 0.1) is 5.41 Å². The van der Waals surface area contributed by atoms with Crippen molar-refractivity contribution in [3.8, 4) is 11.5 Å². The molecular weight excluding hydrogens is 370 g/mol. The third-order valence-corrected chi connectivity index (χ3v) is 6.40. The van der Waals surface area contributed by atoms with Crippen LogP contribution < -0.4 is 10.6 Å². The van der Waals surface area contributed by atoms with E-state index in [0.717, 1.165) is 18.4 Å². The maximum absolute atomic E-state index is 12.4. The highest BCUT2D eigenvalue weighted by Crippen LogP contribution is 2.45. The van der Waals surface area contributed by atoms with Gasteiger partial charge in [0.2, 0.25) is 23.6 Å². The van der Waals surface area contributed by atoms with E-state index >= 15 is 0 Å². The number of piperazine rings is 1. The molecule has 5 rings (SSSR count). The molecule has 2 N–H and O–H groups in total. The third kappa shape index (κ3) is 3.53. The van der Waals surface area contributed by atoms with Crippen LogP contribution in [0.1, 0.15) is 32.1 Å². The number of carbonyl (C=O) groups excluding carboxylic acids is 2. The Balaban J connectivity index is 1.27. The van der Waals surface area contributed by atoms with E-state index in [1.54, 1.807) is 0 Å². The Morgan fingerprint density at radius 2 is 2.10 bits per heavy atom. The van der Waals surface area contributed by atoms with Crippen molar-refractivity contribution in [2.45, 2.75) is 50.7 Å². The number of nitrogens with zero attached hydrogens (tertiary/aromatic N) is 3. The minimum atomic E-state index is -0.220. The van der Waals surface area contributed by atoms with Crippen molar-refractivity contribution in [3.63, 3.8) is 0 Å². The highest BCUT2D eigenvalue weighted by Gasteiger charge is 2.48. The molecule has 152 valence electrons. The Morgan fingerprint density at radius 1 is 1.31 bits per heavy atom. The summed E-state index contributed by atoms with van der Waals surface area (Å²) in [5.41, 5.74) is 0.682. The number of amides is 2. The molecule has 0 bridgehead atoms. The average molecular weight is 395 g/mol. The molecule has 0 spiro atoms. The molecule has 3 atom stereocenters. The summed E-state index contributed by atoms with van der Waals surface area (Å²) in [6.45, 7) is 3.21. The number of rotatable bonds is 5. The van der Waals surface area contributed by atoms with Crippen LogP contribution in [0.15, 0.2) is 34.7 Å². The summed E-state index contributed by atoms with van der Waals surface area (Å²) < 4.78 is 5.86. The summed E-state index contributed by atoms with van der Waals surface area (Å²) in [4.78, 5) is 27.0. The van der Waals surface area contributed by atoms with E-state index < -0.39 is 0 Å². The van der Waals surface area contributed by atoms with Gasteiger partial charge in [-0.3, -0.25) is 14.5 Å². The Hall–Kier alpha value is -2.74. The summed E-state index contributed by atoms with van der Waals surface area (Å²) in [6.07, 6.45) is 3.10. The van der Waals surface area contributed by atoms with Crippen molar-refractivity contribution < 1.29 is 14.0 Å². The molecule has 3 heterocycles. The van der Waals surface area contributed by atoms with E-state index in [9.17, 15) is 9.59 Å². The van der Waals surface area contributed by atoms with E-state index in [4.69, 9.17) is 4.42 Å². The van der Waals surface area contributed by atoms with Gasteiger partial charge in [0.05, 0.1) is 6.04 Å². The van der Waals surface area contributed by atoms with Crippen LogP contribution in [0.5, 0.6) is 0 Å². The van der Waals surface area contributed by atoms with Gasteiger partial charge >= 0.3 is 0 Å². The second-order valence-electron chi connectivity index (χ2n) is 8.65. The molecule has 2 saturated heterocycles. The monoisotopic (exact) mass is 395 g/mol. The van der Waals surface area contributed by atoms with Crippen molar-refractivity contribution in [3.05, 3.63) is 36.2 Å². The molecule has 1 saturated carbocycles. The number of hydrogen-bond donors (Lipinski definition) is 2. The van der Waals surface area contributed by atoms with E-state index in [2.05, 4.69) is 25.7 Å². The van der Waals surface area contributed by atoms with Gasteiger partial charge < -0.3 is 15.1 Å². The predicted octanol–water partition coefficient (Wildman–Crippen LogP) is 1.14. The van der Waals surface area contributed by atoms with E-state index in [1.807, 2.05) is 37.3 Å². The predicted molar refractivity (Wildman–Crippen MR) is 105 cm³/mol. The summed E-state index contributed by atoms with van der Waals surface area (Å²) in [7, 11) is 0. The lowest BCUT2D eigenvalue weighted by atomic mass is 10.0. The smallest absolute Gasteiger partial charge is 0.247 e. The molecule has 1 aromatic heterocycles. The van der Waals surface area contributed by atoms with Crippen molar-refractivity contribution in [2.75, 3.05) is 13.1 Å². The van der Waals surface area contributed by atoms with Crippen LogP contribution in [-0.2, 0) is 16.0 Å². The van der Waals surface area contributed by atoms with Crippen LogP contribution in [0.3, 0.4) is 0 Å². The van der Waals surface area contributed by atoms with Crippen LogP contribution in [0.25, 0.3) is 11.5 Å². The normalized spacial score (nSPS) is 27.9. The highest BCUT2D eigenvalue weighted by atomic mass is 16.4. The zero-order valence-electron chi connectivity index (χ0n) is 16.4. The van der Waals surface area contributed by atoms with Crippen molar-refractivity contribution in [1.82, 2.24) is 25.7 Å². The van der Waals surface area contributed by atoms with Gasteiger partial charge in [-0.25, -0.2) is 0 Å². The van der Waals surface area contributed by atoms with Crippen molar-refractivity contribution in [1.29, 1.82) is 0 Å². The second kappa shape index (κ2) is 6.95. The molecule has 8 heteroatoms. The Labute approximate surface area is 169 Å². The van der Waals surface area contributed by atoms with Crippen LogP contribution in [0.2, 0.25) is 0 Å². The van der Waals surface area contributed by atoms with Crippen molar-refractivity contribution >= 4 is 11.8 Å². The van der Waals surface area contributed by atoms with Gasteiger partial charge in [0.25, 0.3) is 0 Å². The molecule has 0 radical (unpaired) electrons. The quantitative estimate of drug-likeness (QED) is 0.787. The zero-order chi connectivity index (χ0) is 20.0. The number of benzene rings is 1. The standard InChI is InChI=1S/C21H25N5O3/c1-21(7-8-21)20(28)23-14-9-16-18(27)22-11-15(26(16)12-14)10-17-24-25-19(29-17)13-5-3-2-4-6-13/h2-6,14-16H,7-12H2,1H3,(H,22,27)(H,23,28)/t14-,15+,16-/m0/s1. The van der Waals surface area contributed by atoms with Crippen molar-refractivity contribution in [2.24, 2.45) is 5.41 Å². The van der Waals surface area contributed by atoms with Gasteiger partial charge in [-0.1, -0.05) is 25.1 Å². The topological polar surface area (TPSA) is 100 Å². The Morgan fingerprint density at radius 3 is 2.86 bits per heavy atom.